The molecule has 1 fully saturated rings. The van der Waals surface area contributed by atoms with Crippen molar-refractivity contribution in [3.05, 3.63) is 0 Å². The van der Waals surface area contributed by atoms with E-state index in [-0.39, 0.29) is 17.4 Å². The molecule has 1 aliphatic heterocycles. The van der Waals surface area contributed by atoms with E-state index in [1.165, 1.54) is 23.1 Å². The molecule has 1 atom stereocenters. The van der Waals surface area contributed by atoms with Crippen molar-refractivity contribution >= 4 is 34.1 Å². The molecule has 1 amide bonds. The van der Waals surface area contributed by atoms with Crippen molar-refractivity contribution in [1.29, 1.82) is 0 Å². The summed E-state index contributed by atoms with van der Waals surface area (Å²) >= 11 is 2.93. The lowest BCUT2D eigenvalue weighted by molar-refractivity contribution is -0.130. The van der Waals surface area contributed by atoms with Crippen LogP contribution in [-0.4, -0.2) is 34.6 Å². The summed E-state index contributed by atoms with van der Waals surface area (Å²) in [4.78, 5) is 12.1. The van der Waals surface area contributed by atoms with Crippen molar-refractivity contribution in [1.82, 2.24) is 10.2 Å². The summed E-state index contributed by atoms with van der Waals surface area (Å²) in [5.41, 5.74) is -0.216. The minimum atomic E-state index is -0.216. The molecule has 0 saturated carbocycles. The molecule has 0 unspecified atom stereocenters. The van der Waals surface area contributed by atoms with Crippen LogP contribution in [0, 0.1) is 5.92 Å². The van der Waals surface area contributed by atoms with Crippen LogP contribution < -0.4 is 5.32 Å². The molecular formula is C11H17N3O2S2. The number of ether oxygens (including phenoxy) is 1. The molecule has 18 heavy (non-hydrogen) atoms. The minimum Gasteiger partial charge on any atom is -0.376 e. The van der Waals surface area contributed by atoms with Crippen molar-refractivity contribution in [2.45, 2.75) is 36.6 Å². The number of nitrogens with one attached hydrogen (secondary N) is 1. The highest BCUT2D eigenvalue weighted by Crippen LogP contribution is 2.30. The molecule has 100 valence electrons. The van der Waals surface area contributed by atoms with Gasteiger partial charge in [-0.1, -0.05) is 23.1 Å². The predicted molar refractivity (Wildman–Crippen MR) is 73.1 cm³/mol. The molecule has 2 rings (SSSR count). The summed E-state index contributed by atoms with van der Waals surface area (Å²) < 4.78 is 6.47. The smallest absolute Gasteiger partial charge is 0.229 e. The summed E-state index contributed by atoms with van der Waals surface area (Å²) in [5, 5.41) is 11.3. The van der Waals surface area contributed by atoms with Gasteiger partial charge in [0.2, 0.25) is 11.0 Å². The van der Waals surface area contributed by atoms with Crippen molar-refractivity contribution in [3.8, 4) is 0 Å². The summed E-state index contributed by atoms with van der Waals surface area (Å²) in [6.07, 6.45) is 3.45. The highest BCUT2D eigenvalue weighted by Gasteiger charge is 2.33. The molecule has 0 bridgehead atoms. The SMILES string of the molecule is CSc1nnc(NC(=O)[C@@H]2CCOC(C)(C)C2)s1. The Labute approximate surface area is 115 Å². The van der Waals surface area contributed by atoms with Gasteiger partial charge in [0.25, 0.3) is 0 Å². The molecule has 0 radical (unpaired) electrons. The lowest BCUT2D eigenvalue weighted by Gasteiger charge is -2.34. The van der Waals surface area contributed by atoms with Gasteiger partial charge in [0.15, 0.2) is 4.34 Å². The third-order valence-electron chi connectivity index (χ3n) is 2.88. The Morgan fingerprint density at radius 2 is 2.33 bits per heavy atom. The van der Waals surface area contributed by atoms with Gasteiger partial charge in [0.05, 0.1) is 5.60 Å². The lowest BCUT2D eigenvalue weighted by Crippen LogP contribution is -2.39. The van der Waals surface area contributed by atoms with Gasteiger partial charge in [0, 0.05) is 12.5 Å². The van der Waals surface area contributed by atoms with Crippen LogP contribution in [-0.2, 0) is 9.53 Å². The van der Waals surface area contributed by atoms with Gasteiger partial charge >= 0.3 is 0 Å². The maximum Gasteiger partial charge on any atom is 0.229 e. The Morgan fingerprint density at radius 3 is 2.94 bits per heavy atom. The van der Waals surface area contributed by atoms with E-state index < -0.39 is 0 Å². The maximum absolute atomic E-state index is 12.1. The summed E-state index contributed by atoms with van der Waals surface area (Å²) in [6.45, 7) is 4.67. The first-order valence-corrected chi connectivity index (χ1v) is 7.86. The van der Waals surface area contributed by atoms with Crippen LogP contribution in [0.2, 0.25) is 0 Å². The molecule has 1 aliphatic rings. The normalized spacial score (nSPS) is 22.7. The number of rotatable bonds is 3. The van der Waals surface area contributed by atoms with E-state index in [4.69, 9.17) is 4.74 Å². The van der Waals surface area contributed by atoms with Crippen LogP contribution in [0.5, 0.6) is 0 Å². The van der Waals surface area contributed by atoms with E-state index >= 15 is 0 Å². The van der Waals surface area contributed by atoms with Crippen LogP contribution in [0.3, 0.4) is 0 Å². The van der Waals surface area contributed by atoms with Gasteiger partial charge in [-0.05, 0) is 32.9 Å². The highest BCUT2D eigenvalue weighted by atomic mass is 32.2. The number of anilines is 1. The van der Waals surface area contributed by atoms with E-state index in [0.717, 1.165) is 17.2 Å². The van der Waals surface area contributed by atoms with E-state index in [1.54, 1.807) is 0 Å². The van der Waals surface area contributed by atoms with Crippen molar-refractivity contribution in [2.24, 2.45) is 5.92 Å². The Morgan fingerprint density at radius 1 is 1.56 bits per heavy atom. The van der Waals surface area contributed by atoms with Gasteiger partial charge in [-0.25, -0.2) is 0 Å². The first-order valence-electron chi connectivity index (χ1n) is 5.82. The maximum atomic E-state index is 12.1. The molecule has 2 heterocycles. The molecular weight excluding hydrogens is 270 g/mol. The summed E-state index contributed by atoms with van der Waals surface area (Å²) in [7, 11) is 0. The largest absolute Gasteiger partial charge is 0.376 e. The van der Waals surface area contributed by atoms with E-state index in [0.29, 0.717) is 11.7 Å². The monoisotopic (exact) mass is 287 g/mol. The summed E-state index contributed by atoms with van der Waals surface area (Å²) in [6, 6.07) is 0. The van der Waals surface area contributed by atoms with Crippen LogP contribution in [0.15, 0.2) is 4.34 Å². The zero-order valence-corrected chi connectivity index (χ0v) is 12.4. The number of thioether (sulfide) groups is 1. The fourth-order valence-corrected chi connectivity index (χ4v) is 3.18. The van der Waals surface area contributed by atoms with E-state index in [1.807, 2.05) is 20.1 Å². The molecule has 1 N–H and O–H groups in total. The zero-order valence-electron chi connectivity index (χ0n) is 10.7. The average Bonchev–Trinajstić information content (AvgIpc) is 2.75. The quantitative estimate of drug-likeness (QED) is 0.683. The fraction of sp³-hybridized carbons (Fsp3) is 0.727. The average molecular weight is 287 g/mol. The number of carbonyl (C=O) groups is 1. The van der Waals surface area contributed by atoms with Gasteiger partial charge in [0.1, 0.15) is 0 Å². The topological polar surface area (TPSA) is 64.1 Å². The van der Waals surface area contributed by atoms with Crippen LogP contribution in [0.25, 0.3) is 0 Å². The summed E-state index contributed by atoms with van der Waals surface area (Å²) in [5.74, 6) is 0.0190. The highest BCUT2D eigenvalue weighted by molar-refractivity contribution is 8.00. The number of aromatic nitrogens is 2. The molecule has 1 aromatic heterocycles. The molecule has 1 aromatic rings. The van der Waals surface area contributed by atoms with Crippen LogP contribution >= 0.6 is 23.1 Å². The Kier molecular flexibility index (Phi) is 4.24. The van der Waals surface area contributed by atoms with Gasteiger partial charge in [-0.2, -0.15) is 0 Å². The molecule has 0 aliphatic carbocycles. The van der Waals surface area contributed by atoms with E-state index in [2.05, 4.69) is 15.5 Å². The van der Waals surface area contributed by atoms with E-state index in [9.17, 15) is 4.79 Å². The van der Waals surface area contributed by atoms with Crippen molar-refractivity contribution in [3.63, 3.8) is 0 Å². The second-order valence-corrected chi connectivity index (χ2v) is 6.90. The molecule has 5 nitrogen and oxygen atoms in total. The third-order valence-corrected chi connectivity index (χ3v) is 4.69. The Bertz CT molecular complexity index is 434. The van der Waals surface area contributed by atoms with Crippen molar-refractivity contribution < 1.29 is 9.53 Å². The Hall–Kier alpha value is -0.660. The fourth-order valence-electron chi connectivity index (χ4n) is 2.01. The van der Waals surface area contributed by atoms with Crippen LogP contribution in [0.4, 0.5) is 5.13 Å². The first kappa shape index (κ1) is 13.8. The van der Waals surface area contributed by atoms with Gasteiger partial charge in [-0.3, -0.25) is 4.79 Å². The molecule has 0 spiro atoms. The van der Waals surface area contributed by atoms with Crippen molar-refractivity contribution in [2.75, 3.05) is 18.2 Å². The number of carbonyl (C=O) groups excluding carboxylic acids is 1. The third kappa shape index (κ3) is 3.43. The number of hydrogen-bond donors (Lipinski definition) is 1. The second kappa shape index (κ2) is 5.54. The Balaban J connectivity index is 1.95. The zero-order chi connectivity index (χ0) is 13.2. The lowest BCUT2D eigenvalue weighted by atomic mass is 9.88. The molecule has 7 heteroatoms. The number of hydrogen-bond acceptors (Lipinski definition) is 6. The predicted octanol–water partition coefficient (Wildman–Crippen LogP) is 2.40. The van der Waals surface area contributed by atoms with Gasteiger partial charge < -0.3 is 10.1 Å². The first-order chi connectivity index (χ1) is 8.50. The van der Waals surface area contributed by atoms with Gasteiger partial charge in [-0.15, -0.1) is 10.2 Å². The standard InChI is InChI=1S/C11H17N3O2S2/c1-11(2)6-7(4-5-16-11)8(15)12-9-13-14-10(17-3)18-9/h7H,4-6H2,1-3H3,(H,12,13,15)/t7-/m1/s1. The van der Waals surface area contributed by atoms with Crippen LogP contribution in [0.1, 0.15) is 26.7 Å². The second-order valence-electron chi connectivity index (χ2n) is 4.86. The number of amides is 1. The number of nitrogens with zero attached hydrogens (tertiary/aromatic N) is 2. The molecule has 1 saturated heterocycles. The molecule has 0 aromatic carbocycles. The minimum absolute atomic E-state index is 0.00428.